The largest absolute Gasteiger partial charge is 0.456 e. The molecule has 0 aromatic heterocycles. The highest BCUT2D eigenvalue weighted by Crippen LogP contribution is 2.63. The summed E-state index contributed by atoms with van der Waals surface area (Å²) in [4.78, 5) is 0. The Morgan fingerprint density at radius 1 is 0.294 bits per heavy atom. The van der Waals surface area contributed by atoms with Gasteiger partial charge in [-0.25, -0.2) is 0 Å². The van der Waals surface area contributed by atoms with Crippen LogP contribution in [0.2, 0.25) is 0 Å². The molecule has 1 nitrogen and oxygen atoms in total. The zero-order valence-electron chi connectivity index (χ0n) is 27.9. The summed E-state index contributed by atoms with van der Waals surface area (Å²) in [7, 11) is 0. The Morgan fingerprint density at radius 3 is 1.33 bits per heavy atom. The first-order valence-corrected chi connectivity index (χ1v) is 17.8. The van der Waals surface area contributed by atoms with Crippen LogP contribution in [-0.2, 0) is 10.8 Å². The van der Waals surface area contributed by atoms with Gasteiger partial charge in [0.25, 0.3) is 0 Å². The lowest BCUT2D eigenvalue weighted by molar-refractivity contribution is 0.438. The number of benzene rings is 8. The van der Waals surface area contributed by atoms with E-state index in [1.54, 1.807) is 0 Å². The van der Waals surface area contributed by atoms with Crippen molar-refractivity contribution in [2.45, 2.75) is 10.8 Å². The maximum atomic E-state index is 7.07. The van der Waals surface area contributed by atoms with Gasteiger partial charge in [-0.2, -0.15) is 0 Å². The quantitative estimate of drug-likeness (QED) is 0.185. The van der Waals surface area contributed by atoms with Crippen LogP contribution >= 0.6 is 0 Å². The molecular weight excluding hydrogens is 617 g/mol. The molecule has 0 unspecified atom stereocenters. The van der Waals surface area contributed by atoms with Crippen molar-refractivity contribution >= 4 is 0 Å². The third-order valence-electron chi connectivity index (χ3n) is 11.6. The Morgan fingerprint density at radius 2 is 0.725 bits per heavy atom. The second kappa shape index (κ2) is 10.5. The molecule has 0 bridgehead atoms. The van der Waals surface area contributed by atoms with Crippen LogP contribution in [0.3, 0.4) is 0 Å². The lowest BCUT2D eigenvalue weighted by Gasteiger charge is -2.40. The van der Waals surface area contributed by atoms with Crippen molar-refractivity contribution < 1.29 is 4.74 Å². The Kier molecular flexibility index (Phi) is 5.86. The van der Waals surface area contributed by atoms with E-state index in [9.17, 15) is 0 Å². The summed E-state index contributed by atoms with van der Waals surface area (Å²) in [5.41, 5.74) is 16.5. The molecule has 1 spiro atoms. The molecule has 1 heterocycles. The third-order valence-corrected chi connectivity index (χ3v) is 11.6. The molecule has 11 rings (SSSR count). The Balaban J connectivity index is 1.19. The Hall–Kier alpha value is -6.44. The SMILES string of the molecule is c1ccc(C2(c3cccc(-c4cccc5c4Oc4ccccc4C54c5ccccc5-c5ccccc54)c3)c3ccccc3-c3ccccc32)cc1. The van der Waals surface area contributed by atoms with Gasteiger partial charge in [-0.15, -0.1) is 0 Å². The second-order valence-electron chi connectivity index (χ2n) is 13.9. The number of hydrogen-bond acceptors (Lipinski definition) is 1. The Bertz CT molecular complexity index is 2590. The predicted molar refractivity (Wildman–Crippen MR) is 207 cm³/mol. The topological polar surface area (TPSA) is 9.23 Å². The first-order valence-electron chi connectivity index (χ1n) is 17.8. The molecule has 0 amide bonds. The maximum Gasteiger partial charge on any atom is 0.140 e. The van der Waals surface area contributed by atoms with E-state index >= 15 is 0 Å². The summed E-state index contributed by atoms with van der Waals surface area (Å²) >= 11 is 0. The molecule has 2 aliphatic carbocycles. The second-order valence-corrected chi connectivity index (χ2v) is 13.9. The fourth-order valence-electron chi connectivity index (χ4n) is 9.74. The van der Waals surface area contributed by atoms with Crippen LogP contribution in [0.15, 0.2) is 194 Å². The van der Waals surface area contributed by atoms with Gasteiger partial charge in [-0.1, -0.05) is 182 Å². The smallest absolute Gasteiger partial charge is 0.140 e. The molecule has 1 heteroatoms. The Labute approximate surface area is 298 Å². The van der Waals surface area contributed by atoms with Gasteiger partial charge in [0.2, 0.25) is 0 Å². The first kappa shape index (κ1) is 28.4. The van der Waals surface area contributed by atoms with Gasteiger partial charge in [0, 0.05) is 16.7 Å². The molecule has 0 saturated carbocycles. The highest BCUT2D eigenvalue weighted by molar-refractivity contribution is 5.91. The third kappa shape index (κ3) is 3.60. The van der Waals surface area contributed by atoms with E-state index in [1.807, 2.05) is 0 Å². The number of para-hydroxylation sites is 2. The van der Waals surface area contributed by atoms with Gasteiger partial charge in [-0.05, 0) is 73.3 Å². The predicted octanol–water partition coefficient (Wildman–Crippen LogP) is 12.2. The van der Waals surface area contributed by atoms with Crippen molar-refractivity contribution in [1.29, 1.82) is 0 Å². The van der Waals surface area contributed by atoms with Crippen LogP contribution in [-0.4, -0.2) is 0 Å². The van der Waals surface area contributed by atoms with E-state index in [0.717, 1.165) is 22.6 Å². The lowest BCUT2D eigenvalue weighted by atomic mass is 9.65. The van der Waals surface area contributed by atoms with Gasteiger partial charge in [0.15, 0.2) is 0 Å². The van der Waals surface area contributed by atoms with Gasteiger partial charge >= 0.3 is 0 Å². The van der Waals surface area contributed by atoms with Gasteiger partial charge in [-0.3, -0.25) is 0 Å². The average Bonchev–Trinajstić information content (AvgIpc) is 3.67. The van der Waals surface area contributed by atoms with Gasteiger partial charge < -0.3 is 4.74 Å². The molecule has 51 heavy (non-hydrogen) atoms. The normalized spacial score (nSPS) is 14.7. The van der Waals surface area contributed by atoms with E-state index in [1.165, 1.54) is 66.8 Å². The minimum absolute atomic E-state index is 0.475. The fraction of sp³-hybridized carbons (Fsp3) is 0.0400. The average molecular weight is 649 g/mol. The minimum Gasteiger partial charge on any atom is -0.456 e. The van der Waals surface area contributed by atoms with Crippen LogP contribution in [0.1, 0.15) is 44.5 Å². The maximum absolute atomic E-state index is 7.07. The monoisotopic (exact) mass is 648 g/mol. The van der Waals surface area contributed by atoms with Crippen molar-refractivity contribution in [3.8, 4) is 44.9 Å². The summed E-state index contributed by atoms with van der Waals surface area (Å²) < 4.78 is 7.07. The zero-order chi connectivity index (χ0) is 33.6. The number of rotatable bonds is 3. The van der Waals surface area contributed by atoms with Crippen molar-refractivity contribution in [2.24, 2.45) is 0 Å². The molecule has 8 aromatic rings. The highest BCUT2D eigenvalue weighted by Gasteiger charge is 2.51. The molecule has 1 aliphatic heterocycles. The number of ether oxygens (including phenoxy) is 1. The van der Waals surface area contributed by atoms with Crippen LogP contribution < -0.4 is 4.74 Å². The van der Waals surface area contributed by atoms with Crippen molar-refractivity contribution in [1.82, 2.24) is 0 Å². The molecule has 8 aromatic carbocycles. The molecule has 238 valence electrons. The first-order chi connectivity index (χ1) is 25.3. The number of hydrogen-bond donors (Lipinski definition) is 0. The minimum atomic E-state index is -0.500. The molecular formula is C50H32O. The molecule has 0 fully saturated rings. The summed E-state index contributed by atoms with van der Waals surface area (Å²) in [6.45, 7) is 0. The zero-order valence-corrected chi connectivity index (χ0v) is 27.9. The van der Waals surface area contributed by atoms with Gasteiger partial charge in [0.05, 0.1) is 10.8 Å². The van der Waals surface area contributed by atoms with Crippen LogP contribution in [0, 0.1) is 0 Å². The molecule has 0 saturated heterocycles. The van der Waals surface area contributed by atoms with Crippen molar-refractivity contribution in [3.05, 3.63) is 239 Å². The summed E-state index contributed by atoms with van der Waals surface area (Å²) in [5, 5.41) is 0. The van der Waals surface area contributed by atoms with Crippen LogP contribution in [0.25, 0.3) is 33.4 Å². The molecule has 0 N–H and O–H groups in total. The van der Waals surface area contributed by atoms with Crippen LogP contribution in [0.4, 0.5) is 0 Å². The lowest BCUT2D eigenvalue weighted by Crippen LogP contribution is -2.32. The molecule has 0 radical (unpaired) electrons. The van der Waals surface area contributed by atoms with E-state index in [4.69, 9.17) is 4.74 Å². The van der Waals surface area contributed by atoms with E-state index < -0.39 is 10.8 Å². The fourth-order valence-corrected chi connectivity index (χ4v) is 9.74. The molecule has 3 aliphatic rings. The highest BCUT2D eigenvalue weighted by atomic mass is 16.5. The number of fused-ring (bicyclic) bond motifs is 12. The summed E-state index contributed by atoms with van der Waals surface area (Å²) in [6.07, 6.45) is 0. The standard InChI is InChI=1S/C50H32O/c1-2-17-34(18-3-1)49(41-25-8-4-20-37(41)38-21-5-9-26-42(38)49)35-19-14-16-33(32-35)36-24-15-30-46-48(36)51-47-31-13-12-29-45(47)50(46)43-27-10-6-22-39(43)40-23-7-11-28-44(40)50/h1-32H. The van der Waals surface area contributed by atoms with E-state index in [0.29, 0.717) is 0 Å². The summed E-state index contributed by atoms with van der Waals surface area (Å²) in [6, 6.07) is 71.3. The van der Waals surface area contributed by atoms with Gasteiger partial charge in [0.1, 0.15) is 11.5 Å². The summed E-state index contributed by atoms with van der Waals surface area (Å²) in [5.74, 6) is 1.82. The van der Waals surface area contributed by atoms with E-state index in [2.05, 4.69) is 194 Å². The molecule has 0 atom stereocenters. The van der Waals surface area contributed by atoms with Crippen molar-refractivity contribution in [3.63, 3.8) is 0 Å². The van der Waals surface area contributed by atoms with Crippen molar-refractivity contribution in [2.75, 3.05) is 0 Å². The van der Waals surface area contributed by atoms with E-state index in [-0.39, 0.29) is 0 Å². The van der Waals surface area contributed by atoms with Crippen LogP contribution in [0.5, 0.6) is 11.5 Å².